The molecule has 0 radical (unpaired) electrons. The van der Waals surface area contributed by atoms with E-state index in [1.54, 1.807) is 11.9 Å². The topological polar surface area (TPSA) is 57.6 Å². The second-order valence-electron chi connectivity index (χ2n) is 3.80. The molecule has 1 rings (SSSR count). The predicted molar refractivity (Wildman–Crippen MR) is 64.6 cm³/mol. The number of aliphatic hydroxyl groups is 1. The number of hydrogen-bond donors (Lipinski definition) is 1. The van der Waals surface area contributed by atoms with E-state index < -0.39 is 20.5 Å². The van der Waals surface area contributed by atoms with Crippen molar-refractivity contribution in [2.24, 2.45) is 0 Å². The number of hydrogen-bond acceptors (Lipinski definition) is 4. The molecule has 18 heavy (non-hydrogen) atoms. The third-order valence-electron chi connectivity index (χ3n) is 2.49. The van der Waals surface area contributed by atoms with Crippen LogP contribution in [0.1, 0.15) is 6.42 Å². The number of alkyl halides is 2. The van der Waals surface area contributed by atoms with Crippen LogP contribution in [0.15, 0.2) is 29.2 Å². The highest BCUT2D eigenvalue weighted by atomic mass is 32.2. The first-order valence-electron chi connectivity index (χ1n) is 5.33. The van der Waals surface area contributed by atoms with Crippen molar-refractivity contribution in [3.63, 3.8) is 0 Å². The summed E-state index contributed by atoms with van der Waals surface area (Å²) in [5, 5.41) is 8.68. The molecule has 0 aliphatic heterocycles. The summed E-state index contributed by atoms with van der Waals surface area (Å²) in [7, 11) is -2.76. The fourth-order valence-corrected chi connectivity index (χ4v) is 2.15. The van der Waals surface area contributed by atoms with Gasteiger partial charge in [-0.25, -0.2) is 8.42 Å². The second-order valence-corrected chi connectivity index (χ2v) is 5.72. The fourth-order valence-electron chi connectivity index (χ4n) is 1.43. The van der Waals surface area contributed by atoms with Crippen molar-refractivity contribution >= 4 is 15.5 Å². The van der Waals surface area contributed by atoms with Gasteiger partial charge in [0.1, 0.15) is 0 Å². The highest BCUT2D eigenvalue weighted by Crippen LogP contribution is 2.21. The van der Waals surface area contributed by atoms with E-state index in [0.717, 1.165) is 12.1 Å². The maximum Gasteiger partial charge on any atom is 0.341 e. The second kappa shape index (κ2) is 6.10. The van der Waals surface area contributed by atoms with E-state index in [9.17, 15) is 17.2 Å². The van der Waals surface area contributed by atoms with E-state index in [4.69, 9.17) is 5.11 Å². The largest absolute Gasteiger partial charge is 0.396 e. The van der Waals surface area contributed by atoms with Gasteiger partial charge in [0, 0.05) is 25.9 Å². The number of halogens is 2. The Bertz CT molecular complexity index is 474. The van der Waals surface area contributed by atoms with Crippen LogP contribution in [0.3, 0.4) is 0 Å². The molecule has 0 aliphatic rings. The minimum atomic E-state index is -4.53. The molecule has 0 heterocycles. The van der Waals surface area contributed by atoms with Crippen LogP contribution in [0.4, 0.5) is 14.5 Å². The summed E-state index contributed by atoms with van der Waals surface area (Å²) in [6, 6.07) is 5.25. The van der Waals surface area contributed by atoms with Gasteiger partial charge in [0.05, 0.1) is 4.90 Å². The van der Waals surface area contributed by atoms with Crippen molar-refractivity contribution in [2.75, 3.05) is 25.1 Å². The highest BCUT2D eigenvalue weighted by molar-refractivity contribution is 7.91. The fraction of sp³-hybridized carbons (Fsp3) is 0.455. The highest BCUT2D eigenvalue weighted by Gasteiger charge is 2.26. The molecule has 0 bridgehead atoms. The van der Waals surface area contributed by atoms with E-state index in [1.165, 1.54) is 12.1 Å². The number of rotatable bonds is 6. The zero-order valence-corrected chi connectivity index (χ0v) is 10.7. The van der Waals surface area contributed by atoms with Crippen LogP contribution in [0.25, 0.3) is 0 Å². The summed E-state index contributed by atoms with van der Waals surface area (Å²) in [5.41, 5.74) is 0.705. The average Bonchev–Trinajstić information content (AvgIpc) is 2.35. The van der Waals surface area contributed by atoms with Crippen molar-refractivity contribution in [2.45, 2.75) is 17.1 Å². The first kappa shape index (κ1) is 14.8. The van der Waals surface area contributed by atoms with E-state index in [-0.39, 0.29) is 6.61 Å². The zero-order valence-electron chi connectivity index (χ0n) is 9.88. The maximum atomic E-state index is 12.3. The summed E-state index contributed by atoms with van der Waals surface area (Å²) < 4.78 is 47.0. The smallest absolute Gasteiger partial charge is 0.341 e. The predicted octanol–water partition coefficient (Wildman–Crippen LogP) is 1.50. The Hall–Kier alpha value is -1.21. The number of benzene rings is 1. The van der Waals surface area contributed by atoms with Crippen LogP contribution in [0, 0.1) is 0 Å². The molecule has 1 aromatic carbocycles. The van der Waals surface area contributed by atoms with Gasteiger partial charge in [-0.1, -0.05) is 0 Å². The minimum absolute atomic E-state index is 0.0577. The van der Waals surface area contributed by atoms with Gasteiger partial charge in [-0.3, -0.25) is 0 Å². The molecule has 0 fully saturated rings. The Morgan fingerprint density at radius 2 is 1.83 bits per heavy atom. The van der Waals surface area contributed by atoms with E-state index in [1.807, 2.05) is 0 Å². The quantitative estimate of drug-likeness (QED) is 0.857. The third kappa shape index (κ3) is 3.39. The number of sulfone groups is 1. The molecular formula is C11H15F2NO3S. The van der Waals surface area contributed by atoms with E-state index in [2.05, 4.69) is 0 Å². The van der Waals surface area contributed by atoms with Gasteiger partial charge < -0.3 is 10.0 Å². The van der Waals surface area contributed by atoms with Gasteiger partial charge in [0.15, 0.2) is 0 Å². The van der Waals surface area contributed by atoms with Crippen molar-refractivity contribution in [1.82, 2.24) is 0 Å². The molecule has 1 aromatic rings. The normalized spacial score (nSPS) is 11.8. The lowest BCUT2D eigenvalue weighted by atomic mass is 10.3. The lowest BCUT2D eigenvalue weighted by Gasteiger charge is -2.18. The van der Waals surface area contributed by atoms with Gasteiger partial charge in [-0.05, 0) is 30.7 Å². The van der Waals surface area contributed by atoms with Gasteiger partial charge in [-0.15, -0.1) is 0 Å². The Labute approximate surface area is 105 Å². The lowest BCUT2D eigenvalue weighted by Crippen LogP contribution is -2.19. The van der Waals surface area contributed by atoms with Crippen LogP contribution < -0.4 is 4.90 Å². The van der Waals surface area contributed by atoms with Crippen LogP contribution in [0.5, 0.6) is 0 Å². The van der Waals surface area contributed by atoms with Gasteiger partial charge in [0.2, 0.25) is 9.84 Å². The number of aliphatic hydroxyl groups excluding tert-OH is 1. The molecule has 0 unspecified atom stereocenters. The first-order valence-corrected chi connectivity index (χ1v) is 6.88. The van der Waals surface area contributed by atoms with Crippen LogP contribution >= 0.6 is 0 Å². The standard InChI is InChI=1S/C11H15F2NO3S/c1-14(7-2-8-15)9-3-5-10(6-4-9)18(16,17)11(12)13/h3-6,11,15H,2,7-8H2,1H3. The lowest BCUT2D eigenvalue weighted by molar-refractivity contribution is 0.234. The molecule has 102 valence electrons. The molecule has 0 spiro atoms. The molecule has 7 heteroatoms. The first-order chi connectivity index (χ1) is 8.39. The minimum Gasteiger partial charge on any atom is -0.396 e. The molecule has 0 aromatic heterocycles. The monoisotopic (exact) mass is 279 g/mol. The number of nitrogens with zero attached hydrogens (tertiary/aromatic N) is 1. The van der Waals surface area contributed by atoms with Crippen molar-refractivity contribution < 1.29 is 22.3 Å². The summed E-state index contributed by atoms with van der Waals surface area (Å²) in [5.74, 6) is -3.41. The summed E-state index contributed by atoms with van der Waals surface area (Å²) >= 11 is 0. The molecule has 4 nitrogen and oxygen atoms in total. The molecule has 0 atom stereocenters. The van der Waals surface area contributed by atoms with Gasteiger partial charge >= 0.3 is 5.76 Å². The molecule has 0 saturated heterocycles. The number of anilines is 1. The van der Waals surface area contributed by atoms with E-state index >= 15 is 0 Å². The molecule has 0 amide bonds. The SMILES string of the molecule is CN(CCCO)c1ccc(S(=O)(=O)C(F)F)cc1. The van der Waals surface area contributed by atoms with Gasteiger partial charge in [0.25, 0.3) is 0 Å². The molecule has 1 N–H and O–H groups in total. The van der Waals surface area contributed by atoms with Crippen LogP contribution in [-0.4, -0.2) is 39.5 Å². The average molecular weight is 279 g/mol. The van der Waals surface area contributed by atoms with Crippen LogP contribution in [0.2, 0.25) is 0 Å². The Morgan fingerprint density at radius 3 is 2.28 bits per heavy atom. The zero-order chi connectivity index (χ0) is 13.8. The van der Waals surface area contributed by atoms with Gasteiger partial charge in [-0.2, -0.15) is 8.78 Å². The Kier molecular flexibility index (Phi) is 5.03. The molecule has 0 aliphatic carbocycles. The summed E-state index contributed by atoms with van der Waals surface area (Å²) in [4.78, 5) is 1.41. The van der Waals surface area contributed by atoms with Crippen molar-refractivity contribution in [1.29, 1.82) is 0 Å². The molecular weight excluding hydrogens is 264 g/mol. The van der Waals surface area contributed by atoms with Crippen LogP contribution in [-0.2, 0) is 9.84 Å². The Morgan fingerprint density at radius 1 is 1.28 bits per heavy atom. The molecule has 0 saturated carbocycles. The third-order valence-corrected chi connectivity index (χ3v) is 3.89. The van der Waals surface area contributed by atoms with E-state index in [0.29, 0.717) is 18.7 Å². The Balaban J connectivity index is 2.87. The van der Waals surface area contributed by atoms with Crippen molar-refractivity contribution in [3.05, 3.63) is 24.3 Å². The summed E-state index contributed by atoms with van der Waals surface area (Å²) in [6.45, 7) is 0.652. The summed E-state index contributed by atoms with van der Waals surface area (Å²) in [6.07, 6.45) is 0.577. The maximum absolute atomic E-state index is 12.3. The van der Waals surface area contributed by atoms with Crippen molar-refractivity contribution in [3.8, 4) is 0 Å².